The van der Waals surface area contributed by atoms with Crippen molar-refractivity contribution in [2.24, 2.45) is 0 Å². The number of aliphatic hydroxyl groups excluding tert-OH is 1. The van der Waals surface area contributed by atoms with E-state index in [4.69, 9.17) is 0 Å². The number of carbonyl (C=O) groups is 1. The molecule has 110 valence electrons. The zero-order valence-electron chi connectivity index (χ0n) is 12.1. The van der Waals surface area contributed by atoms with Gasteiger partial charge >= 0.3 is 0 Å². The van der Waals surface area contributed by atoms with Gasteiger partial charge in [0.05, 0.1) is 6.61 Å². The normalized spacial score (nSPS) is 17.7. The van der Waals surface area contributed by atoms with Crippen molar-refractivity contribution in [3.8, 4) is 0 Å². The minimum absolute atomic E-state index is 0.0159. The first-order valence-electron chi connectivity index (χ1n) is 7.37. The number of para-hydroxylation sites is 1. The lowest BCUT2D eigenvalue weighted by molar-refractivity contribution is -0.117. The van der Waals surface area contributed by atoms with E-state index in [1.54, 1.807) is 0 Å². The van der Waals surface area contributed by atoms with Crippen molar-refractivity contribution >= 4 is 11.6 Å². The third kappa shape index (κ3) is 3.58. The van der Waals surface area contributed by atoms with Crippen LogP contribution in [0.5, 0.6) is 0 Å². The highest BCUT2D eigenvalue weighted by molar-refractivity contribution is 5.92. The molecule has 1 saturated carbocycles. The van der Waals surface area contributed by atoms with Crippen molar-refractivity contribution < 1.29 is 9.90 Å². The van der Waals surface area contributed by atoms with E-state index in [2.05, 4.69) is 10.6 Å². The number of benzene rings is 1. The van der Waals surface area contributed by atoms with Crippen LogP contribution in [0, 0.1) is 0 Å². The number of anilines is 1. The van der Waals surface area contributed by atoms with Crippen molar-refractivity contribution in [1.29, 1.82) is 0 Å². The maximum absolute atomic E-state index is 12.3. The molecule has 0 aromatic heterocycles. The third-order valence-electron chi connectivity index (χ3n) is 4.30. The quantitative estimate of drug-likeness (QED) is 0.774. The van der Waals surface area contributed by atoms with E-state index in [0.29, 0.717) is 12.1 Å². The van der Waals surface area contributed by atoms with E-state index in [-0.39, 0.29) is 18.1 Å². The standard InChI is InChI=1S/C16H24N2O2/c1-17-16(9-5-2-6-10-16)11-15(20)18-14-8-4-3-7-13(14)12-19/h3-4,7-8,17,19H,2,5-6,9-12H2,1H3,(H,18,20). The highest BCUT2D eigenvalue weighted by Crippen LogP contribution is 2.31. The summed E-state index contributed by atoms with van der Waals surface area (Å²) in [6, 6.07) is 7.38. The maximum Gasteiger partial charge on any atom is 0.226 e. The molecule has 0 saturated heterocycles. The number of amides is 1. The molecule has 1 aliphatic carbocycles. The van der Waals surface area contributed by atoms with Crippen molar-refractivity contribution in [1.82, 2.24) is 5.32 Å². The molecule has 1 aliphatic rings. The Labute approximate surface area is 120 Å². The smallest absolute Gasteiger partial charge is 0.226 e. The summed E-state index contributed by atoms with van der Waals surface area (Å²) in [5.41, 5.74) is 1.40. The summed E-state index contributed by atoms with van der Waals surface area (Å²) in [4.78, 5) is 12.3. The molecule has 0 unspecified atom stereocenters. The third-order valence-corrected chi connectivity index (χ3v) is 4.30. The molecule has 0 spiro atoms. The largest absolute Gasteiger partial charge is 0.392 e. The van der Waals surface area contributed by atoms with Gasteiger partial charge in [0.25, 0.3) is 0 Å². The fourth-order valence-electron chi connectivity index (χ4n) is 3.03. The van der Waals surface area contributed by atoms with Gasteiger partial charge in [-0.3, -0.25) is 4.79 Å². The van der Waals surface area contributed by atoms with E-state index in [1.165, 1.54) is 19.3 Å². The second-order valence-electron chi connectivity index (χ2n) is 5.63. The van der Waals surface area contributed by atoms with Crippen LogP contribution >= 0.6 is 0 Å². The fourth-order valence-corrected chi connectivity index (χ4v) is 3.03. The SMILES string of the molecule is CNC1(CC(=O)Nc2ccccc2CO)CCCCC1. The van der Waals surface area contributed by atoms with Crippen LogP contribution in [-0.4, -0.2) is 23.6 Å². The van der Waals surface area contributed by atoms with Crippen molar-refractivity contribution in [2.45, 2.75) is 50.7 Å². The lowest BCUT2D eigenvalue weighted by atomic mass is 9.79. The molecule has 0 heterocycles. The minimum atomic E-state index is -0.0619. The molecule has 0 bridgehead atoms. The molecule has 4 nitrogen and oxygen atoms in total. The van der Waals surface area contributed by atoms with Crippen LogP contribution in [0.1, 0.15) is 44.1 Å². The van der Waals surface area contributed by atoms with E-state index in [0.717, 1.165) is 18.4 Å². The van der Waals surface area contributed by atoms with Gasteiger partial charge in [0, 0.05) is 23.2 Å². The molecule has 0 atom stereocenters. The van der Waals surface area contributed by atoms with Gasteiger partial charge in [-0.05, 0) is 26.0 Å². The molecular formula is C16H24N2O2. The summed E-state index contributed by atoms with van der Waals surface area (Å²) in [5, 5.41) is 15.6. The predicted octanol–water partition coefficient (Wildman–Crippen LogP) is 2.43. The zero-order valence-corrected chi connectivity index (χ0v) is 12.1. The summed E-state index contributed by atoms with van der Waals surface area (Å²) in [5.74, 6) is 0.0159. The molecule has 2 rings (SSSR count). The van der Waals surface area contributed by atoms with Gasteiger partial charge < -0.3 is 15.7 Å². The van der Waals surface area contributed by atoms with Gasteiger partial charge in [-0.15, -0.1) is 0 Å². The number of rotatable bonds is 5. The summed E-state index contributed by atoms with van der Waals surface area (Å²) in [6.45, 7) is -0.0619. The molecule has 1 aromatic rings. The molecule has 1 aromatic carbocycles. The number of hydrogen-bond donors (Lipinski definition) is 3. The summed E-state index contributed by atoms with van der Waals surface area (Å²) in [6.07, 6.45) is 6.22. The van der Waals surface area contributed by atoms with Gasteiger partial charge in [0.15, 0.2) is 0 Å². The van der Waals surface area contributed by atoms with Crippen LogP contribution in [0.15, 0.2) is 24.3 Å². The lowest BCUT2D eigenvalue weighted by Crippen LogP contribution is -2.47. The molecule has 20 heavy (non-hydrogen) atoms. The topological polar surface area (TPSA) is 61.4 Å². The van der Waals surface area contributed by atoms with Gasteiger partial charge in [0.1, 0.15) is 0 Å². The van der Waals surface area contributed by atoms with Crippen LogP contribution in [0.2, 0.25) is 0 Å². The van der Waals surface area contributed by atoms with Crippen molar-refractivity contribution in [3.05, 3.63) is 29.8 Å². The summed E-state index contributed by atoms with van der Waals surface area (Å²) in [7, 11) is 1.94. The minimum Gasteiger partial charge on any atom is -0.392 e. The van der Waals surface area contributed by atoms with Crippen LogP contribution in [0.25, 0.3) is 0 Å². The van der Waals surface area contributed by atoms with Crippen molar-refractivity contribution in [2.75, 3.05) is 12.4 Å². The van der Waals surface area contributed by atoms with Crippen LogP contribution in [0.4, 0.5) is 5.69 Å². The van der Waals surface area contributed by atoms with E-state index in [1.807, 2.05) is 31.3 Å². The second-order valence-corrected chi connectivity index (χ2v) is 5.63. The fraction of sp³-hybridized carbons (Fsp3) is 0.562. The summed E-state index contributed by atoms with van der Waals surface area (Å²) < 4.78 is 0. The molecule has 1 fully saturated rings. The monoisotopic (exact) mass is 276 g/mol. The van der Waals surface area contributed by atoms with Gasteiger partial charge in [-0.25, -0.2) is 0 Å². The highest BCUT2D eigenvalue weighted by atomic mass is 16.3. The molecule has 1 amide bonds. The number of nitrogens with one attached hydrogen (secondary N) is 2. The molecule has 4 heteroatoms. The average molecular weight is 276 g/mol. The first-order valence-corrected chi connectivity index (χ1v) is 7.37. The first kappa shape index (κ1) is 15.0. The van der Waals surface area contributed by atoms with Crippen molar-refractivity contribution in [3.63, 3.8) is 0 Å². The number of hydrogen-bond acceptors (Lipinski definition) is 3. The Hall–Kier alpha value is -1.39. The van der Waals surface area contributed by atoms with Gasteiger partial charge in [-0.1, -0.05) is 37.5 Å². The average Bonchev–Trinajstić information content (AvgIpc) is 2.48. The Kier molecular flexibility index (Phi) is 5.15. The highest BCUT2D eigenvalue weighted by Gasteiger charge is 2.32. The Balaban J connectivity index is 2.01. The molecule has 3 N–H and O–H groups in total. The Morgan fingerprint density at radius 1 is 1.25 bits per heavy atom. The Morgan fingerprint density at radius 2 is 1.95 bits per heavy atom. The zero-order chi connectivity index (χ0) is 14.4. The first-order chi connectivity index (χ1) is 9.69. The number of carbonyl (C=O) groups excluding carboxylic acids is 1. The predicted molar refractivity (Wildman–Crippen MR) is 80.5 cm³/mol. The maximum atomic E-state index is 12.3. The lowest BCUT2D eigenvalue weighted by Gasteiger charge is -2.36. The molecular weight excluding hydrogens is 252 g/mol. The van der Waals surface area contributed by atoms with E-state index >= 15 is 0 Å². The van der Waals surface area contributed by atoms with Gasteiger partial charge in [-0.2, -0.15) is 0 Å². The van der Waals surface area contributed by atoms with E-state index < -0.39 is 0 Å². The second kappa shape index (κ2) is 6.86. The number of aliphatic hydroxyl groups is 1. The van der Waals surface area contributed by atoms with Crippen LogP contribution < -0.4 is 10.6 Å². The van der Waals surface area contributed by atoms with E-state index in [9.17, 15) is 9.90 Å². The summed E-state index contributed by atoms with van der Waals surface area (Å²) >= 11 is 0. The molecule has 0 aliphatic heterocycles. The molecule has 0 radical (unpaired) electrons. The van der Waals surface area contributed by atoms with Gasteiger partial charge in [0.2, 0.25) is 5.91 Å². The Bertz CT molecular complexity index is 454. The Morgan fingerprint density at radius 3 is 2.60 bits per heavy atom. The van der Waals surface area contributed by atoms with Crippen LogP contribution in [-0.2, 0) is 11.4 Å². The van der Waals surface area contributed by atoms with Crippen LogP contribution in [0.3, 0.4) is 0 Å².